The van der Waals surface area contributed by atoms with Crippen LogP contribution in [0.25, 0.3) is 11.1 Å². The largest absolute Gasteiger partial charge is 0.573 e. The molecule has 34 heavy (non-hydrogen) atoms. The molecule has 0 aliphatic carbocycles. The summed E-state index contributed by atoms with van der Waals surface area (Å²) in [5, 5.41) is 0. The molecular weight excluding hydrogens is 465 g/mol. The summed E-state index contributed by atoms with van der Waals surface area (Å²) in [6.45, 7) is 2.08. The lowest BCUT2D eigenvalue weighted by Gasteiger charge is -2.19. The van der Waals surface area contributed by atoms with Crippen LogP contribution in [-0.4, -0.2) is 6.36 Å². The van der Waals surface area contributed by atoms with Crippen molar-refractivity contribution >= 4 is 0 Å². The molecule has 3 aromatic carbocycles. The summed E-state index contributed by atoms with van der Waals surface area (Å²) in [6, 6.07) is 12.0. The van der Waals surface area contributed by atoms with E-state index in [1.807, 2.05) is 0 Å². The number of rotatable bonds is 9. The highest BCUT2D eigenvalue weighted by molar-refractivity contribution is 5.65. The normalized spacial score (nSPS) is 12.0. The fraction of sp³-hybridized carbons (Fsp3) is 0.280. The third kappa shape index (κ3) is 6.65. The van der Waals surface area contributed by atoms with E-state index in [4.69, 9.17) is 4.74 Å². The van der Waals surface area contributed by atoms with Crippen LogP contribution in [0.4, 0.5) is 30.7 Å². The monoisotopic (exact) mass is 486 g/mol. The zero-order chi connectivity index (χ0) is 24.9. The molecule has 2 nitrogen and oxygen atoms in total. The van der Waals surface area contributed by atoms with E-state index in [0.29, 0.717) is 12.1 Å². The molecule has 182 valence electrons. The number of hydrogen-bond donors (Lipinski definition) is 0. The van der Waals surface area contributed by atoms with Crippen LogP contribution in [0.15, 0.2) is 60.7 Å². The highest BCUT2D eigenvalue weighted by Crippen LogP contribution is 2.35. The quantitative estimate of drug-likeness (QED) is 0.223. The Morgan fingerprint density at radius 3 is 1.82 bits per heavy atom. The van der Waals surface area contributed by atoms with Crippen LogP contribution >= 0.6 is 0 Å². The predicted molar refractivity (Wildman–Crippen MR) is 113 cm³/mol. The van der Waals surface area contributed by atoms with Gasteiger partial charge in [0.1, 0.15) is 5.75 Å². The van der Waals surface area contributed by atoms with Crippen molar-refractivity contribution in [2.45, 2.75) is 45.1 Å². The zero-order valence-corrected chi connectivity index (χ0v) is 18.1. The van der Waals surface area contributed by atoms with Gasteiger partial charge >= 0.3 is 12.5 Å². The number of benzene rings is 3. The van der Waals surface area contributed by atoms with Gasteiger partial charge in [0, 0.05) is 0 Å². The highest BCUT2D eigenvalue weighted by atomic mass is 19.4. The van der Waals surface area contributed by atoms with Gasteiger partial charge in [0.05, 0.1) is 5.56 Å². The minimum Gasteiger partial charge on any atom is -0.429 e. The minimum atomic E-state index is -5.26. The first-order valence-corrected chi connectivity index (χ1v) is 10.5. The number of aryl methyl sites for hydroxylation is 1. The molecule has 0 aliphatic rings. The van der Waals surface area contributed by atoms with Crippen LogP contribution in [0.2, 0.25) is 0 Å². The van der Waals surface area contributed by atoms with Gasteiger partial charge in [-0.2, -0.15) is 8.78 Å². The number of alkyl halides is 5. The van der Waals surface area contributed by atoms with E-state index in [9.17, 15) is 30.7 Å². The fourth-order valence-corrected chi connectivity index (χ4v) is 3.31. The molecule has 0 aliphatic heterocycles. The minimum absolute atomic E-state index is 0.110. The average molecular weight is 486 g/mol. The maximum Gasteiger partial charge on any atom is 0.573 e. The lowest BCUT2D eigenvalue weighted by molar-refractivity contribution is -0.276. The van der Waals surface area contributed by atoms with Crippen molar-refractivity contribution in [3.05, 3.63) is 83.4 Å². The van der Waals surface area contributed by atoms with Gasteiger partial charge in [0.15, 0.2) is 11.6 Å². The molecule has 0 aromatic heterocycles. The zero-order valence-electron chi connectivity index (χ0n) is 18.1. The molecule has 0 radical (unpaired) electrons. The molecule has 0 unspecified atom stereocenters. The first kappa shape index (κ1) is 25.4. The van der Waals surface area contributed by atoms with Crippen LogP contribution < -0.4 is 9.47 Å². The van der Waals surface area contributed by atoms with E-state index >= 15 is 0 Å². The molecule has 0 bridgehead atoms. The fourth-order valence-electron chi connectivity index (χ4n) is 3.31. The van der Waals surface area contributed by atoms with E-state index in [0.717, 1.165) is 43.4 Å². The van der Waals surface area contributed by atoms with Crippen molar-refractivity contribution in [2.24, 2.45) is 0 Å². The molecule has 0 saturated heterocycles. The highest BCUT2D eigenvalue weighted by Gasteiger charge is 2.35. The molecule has 0 N–H and O–H groups in total. The van der Waals surface area contributed by atoms with Crippen LogP contribution in [0.1, 0.15) is 37.3 Å². The Labute approximate surface area is 191 Å². The second-order valence-corrected chi connectivity index (χ2v) is 7.61. The van der Waals surface area contributed by atoms with Gasteiger partial charge in [-0.25, -0.2) is 8.78 Å². The molecule has 0 saturated carbocycles. The number of unbranched alkanes of at least 4 members (excludes halogenated alkanes) is 2. The Morgan fingerprint density at radius 2 is 1.29 bits per heavy atom. The smallest absolute Gasteiger partial charge is 0.429 e. The molecule has 0 amide bonds. The SMILES string of the molecule is CCCCCc1ccc(C(F)(F)Oc2ccc(-c3cc(F)c(OC(F)(F)F)c(F)c3)cc2)cc1. The van der Waals surface area contributed by atoms with Gasteiger partial charge in [-0.1, -0.05) is 44.0 Å². The van der Waals surface area contributed by atoms with E-state index in [1.165, 1.54) is 24.3 Å². The Kier molecular flexibility index (Phi) is 7.74. The third-order valence-electron chi connectivity index (χ3n) is 5.01. The molecule has 0 fully saturated rings. The molecule has 3 aromatic rings. The second-order valence-electron chi connectivity index (χ2n) is 7.61. The summed E-state index contributed by atoms with van der Waals surface area (Å²) < 4.78 is 102. The summed E-state index contributed by atoms with van der Waals surface area (Å²) in [4.78, 5) is 0. The first-order valence-electron chi connectivity index (χ1n) is 10.5. The molecule has 0 heterocycles. The second kappa shape index (κ2) is 10.4. The van der Waals surface area contributed by atoms with Crippen molar-refractivity contribution in [2.75, 3.05) is 0 Å². The van der Waals surface area contributed by atoms with Crippen LogP contribution in [0.5, 0.6) is 11.5 Å². The van der Waals surface area contributed by atoms with E-state index in [2.05, 4.69) is 11.7 Å². The topological polar surface area (TPSA) is 18.5 Å². The number of hydrogen-bond acceptors (Lipinski definition) is 2. The van der Waals surface area contributed by atoms with Crippen molar-refractivity contribution in [1.82, 2.24) is 0 Å². The predicted octanol–water partition coefficient (Wildman–Crippen LogP) is 8.39. The Morgan fingerprint density at radius 1 is 0.706 bits per heavy atom. The van der Waals surface area contributed by atoms with Gasteiger partial charge in [-0.3, -0.25) is 0 Å². The third-order valence-corrected chi connectivity index (χ3v) is 5.01. The number of ether oxygens (including phenoxy) is 2. The molecular formula is C25H21F7O2. The van der Waals surface area contributed by atoms with Gasteiger partial charge in [-0.15, -0.1) is 13.2 Å². The van der Waals surface area contributed by atoms with Crippen LogP contribution in [-0.2, 0) is 12.5 Å². The number of halogens is 7. The Bertz CT molecular complexity index is 1070. The summed E-state index contributed by atoms with van der Waals surface area (Å²) in [6.07, 6.45) is -5.00. The maximum absolute atomic E-state index is 14.6. The first-order chi connectivity index (χ1) is 16.0. The Hall–Kier alpha value is -3.23. The van der Waals surface area contributed by atoms with Gasteiger partial charge < -0.3 is 9.47 Å². The summed E-state index contributed by atoms with van der Waals surface area (Å²) in [7, 11) is 0. The maximum atomic E-state index is 14.6. The average Bonchev–Trinajstić information content (AvgIpc) is 2.76. The van der Waals surface area contributed by atoms with Crippen molar-refractivity contribution in [1.29, 1.82) is 0 Å². The van der Waals surface area contributed by atoms with E-state index in [1.54, 1.807) is 12.1 Å². The summed E-state index contributed by atoms with van der Waals surface area (Å²) >= 11 is 0. The molecule has 0 spiro atoms. The van der Waals surface area contributed by atoms with Gasteiger partial charge in [0.2, 0.25) is 5.75 Å². The van der Waals surface area contributed by atoms with Crippen molar-refractivity contribution < 1.29 is 40.2 Å². The molecule has 3 rings (SSSR count). The van der Waals surface area contributed by atoms with Gasteiger partial charge in [0.25, 0.3) is 0 Å². The van der Waals surface area contributed by atoms with Crippen LogP contribution in [0, 0.1) is 11.6 Å². The van der Waals surface area contributed by atoms with Crippen molar-refractivity contribution in [3.63, 3.8) is 0 Å². The lowest BCUT2D eigenvalue weighted by atomic mass is 10.0. The molecule has 0 atom stereocenters. The van der Waals surface area contributed by atoms with Crippen LogP contribution in [0.3, 0.4) is 0 Å². The van der Waals surface area contributed by atoms with E-state index in [-0.39, 0.29) is 22.4 Å². The molecule has 9 heteroatoms. The van der Waals surface area contributed by atoms with Crippen molar-refractivity contribution in [3.8, 4) is 22.6 Å². The lowest BCUT2D eigenvalue weighted by Crippen LogP contribution is -2.21. The standard InChI is InChI=1S/C25H21F7O2/c1-2-3-4-5-16-6-10-19(11-7-16)24(28,29)33-20-12-8-17(9-13-20)18-14-21(26)23(22(27)15-18)34-25(30,31)32/h6-15H,2-5H2,1H3. The van der Waals surface area contributed by atoms with Gasteiger partial charge in [-0.05, 0) is 65.9 Å². The van der Waals surface area contributed by atoms with E-state index < -0.39 is 29.9 Å². The Balaban J connectivity index is 1.72. The summed E-state index contributed by atoms with van der Waals surface area (Å²) in [5.41, 5.74) is 0.675. The summed E-state index contributed by atoms with van der Waals surface area (Å²) in [5.74, 6) is -4.90.